The molecule has 2 nitrogen and oxygen atoms in total. The van der Waals surface area contributed by atoms with Gasteiger partial charge in [-0.15, -0.1) is 0 Å². The summed E-state index contributed by atoms with van der Waals surface area (Å²) in [6.07, 6.45) is 4.23. The van der Waals surface area contributed by atoms with Gasteiger partial charge in [-0.05, 0) is 36.5 Å². The number of halogens is 1. The molecule has 3 rings (SSSR count). The van der Waals surface area contributed by atoms with Gasteiger partial charge in [0.25, 0.3) is 0 Å². The third-order valence-electron chi connectivity index (χ3n) is 4.33. The van der Waals surface area contributed by atoms with Crippen LogP contribution in [0.3, 0.4) is 0 Å². The molecule has 1 saturated heterocycles. The number of hydrogen-bond donors (Lipinski definition) is 1. The predicted octanol–water partition coefficient (Wildman–Crippen LogP) is 3.20. The van der Waals surface area contributed by atoms with Crippen molar-refractivity contribution in [2.24, 2.45) is 5.92 Å². The largest absolute Gasteiger partial charge is 0.314 e. The summed E-state index contributed by atoms with van der Waals surface area (Å²) >= 11 is 3.61. The summed E-state index contributed by atoms with van der Waals surface area (Å²) in [6.45, 7) is 4.65. The minimum Gasteiger partial charge on any atom is -0.314 e. The highest BCUT2D eigenvalue weighted by molar-refractivity contribution is 9.10. The molecule has 0 amide bonds. The van der Waals surface area contributed by atoms with E-state index >= 15 is 0 Å². The van der Waals surface area contributed by atoms with E-state index in [1.165, 1.54) is 42.4 Å². The minimum atomic E-state index is 0.637. The van der Waals surface area contributed by atoms with Gasteiger partial charge in [-0.3, -0.25) is 4.90 Å². The van der Waals surface area contributed by atoms with Crippen molar-refractivity contribution >= 4 is 15.9 Å². The first-order valence-electron chi connectivity index (χ1n) is 7.05. The maximum Gasteiger partial charge on any atom is 0.0377 e. The van der Waals surface area contributed by atoms with Gasteiger partial charge in [-0.25, -0.2) is 0 Å². The van der Waals surface area contributed by atoms with Gasteiger partial charge in [0.05, 0.1) is 0 Å². The normalized spacial score (nSPS) is 23.6. The topological polar surface area (TPSA) is 15.3 Å². The highest BCUT2D eigenvalue weighted by Crippen LogP contribution is 2.41. The molecule has 1 heterocycles. The van der Waals surface area contributed by atoms with Gasteiger partial charge in [0.2, 0.25) is 0 Å². The van der Waals surface area contributed by atoms with Crippen LogP contribution in [0.4, 0.5) is 0 Å². The Labute approximate surface area is 118 Å². The summed E-state index contributed by atoms with van der Waals surface area (Å²) in [5.41, 5.74) is 1.50. The van der Waals surface area contributed by atoms with Crippen LogP contribution >= 0.6 is 15.9 Å². The second-order valence-electron chi connectivity index (χ2n) is 5.48. The first-order valence-corrected chi connectivity index (χ1v) is 7.84. The average molecular weight is 309 g/mol. The van der Waals surface area contributed by atoms with Crippen LogP contribution in [0.5, 0.6) is 0 Å². The third-order valence-corrected chi connectivity index (χ3v) is 4.82. The van der Waals surface area contributed by atoms with Crippen LogP contribution in [0.15, 0.2) is 28.7 Å². The van der Waals surface area contributed by atoms with E-state index in [2.05, 4.69) is 50.4 Å². The number of nitrogens with zero attached hydrogens (tertiary/aromatic N) is 1. The lowest BCUT2D eigenvalue weighted by molar-refractivity contribution is 0.0837. The predicted molar refractivity (Wildman–Crippen MR) is 78.7 cm³/mol. The molecule has 1 aromatic rings. The highest BCUT2D eigenvalue weighted by Gasteiger charge is 2.33. The second-order valence-corrected chi connectivity index (χ2v) is 6.39. The summed E-state index contributed by atoms with van der Waals surface area (Å²) < 4.78 is 1.21. The van der Waals surface area contributed by atoms with E-state index in [-0.39, 0.29) is 0 Å². The number of piperazine rings is 1. The summed E-state index contributed by atoms with van der Waals surface area (Å²) in [4.78, 5) is 2.68. The zero-order valence-corrected chi connectivity index (χ0v) is 12.3. The van der Waals surface area contributed by atoms with Crippen LogP contribution in [0.25, 0.3) is 0 Å². The summed E-state index contributed by atoms with van der Waals surface area (Å²) in [5.74, 6) is 0.873. The zero-order valence-electron chi connectivity index (χ0n) is 10.7. The lowest BCUT2D eigenvalue weighted by Gasteiger charge is -2.43. The summed E-state index contributed by atoms with van der Waals surface area (Å²) in [7, 11) is 0. The molecule has 0 bridgehead atoms. The fourth-order valence-electron chi connectivity index (χ4n) is 3.19. The molecular formula is C15H21BrN2. The van der Waals surface area contributed by atoms with E-state index in [0.717, 1.165) is 19.0 Å². The molecule has 1 atom stereocenters. The Kier molecular flexibility index (Phi) is 4.02. The minimum absolute atomic E-state index is 0.637. The molecule has 98 valence electrons. The van der Waals surface area contributed by atoms with Gasteiger partial charge in [0.15, 0.2) is 0 Å². The van der Waals surface area contributed by atoms with Crippen LogP contribution in [0, 0.1) is 5.92 Å². The van der Waals surface area contributed by atoms with Gasteiger partial charge < -0.3 is 5.32 Å². The molecule has 3 heteroatoms. The molecular weight excluding hydrogens is 288 g/mol. The quantitative estimate of drug-likeness (QED) is 0.922. The van der Waals surface area contributed by atoms with Crippen LogP contribution in [0.1, 0.15) is 30.9 Å². The van der Waals surface area contributed by atoms with E-state index in [1.54, 1.807) is 0 Å². The Bertz CT molecular complexity index is 397. The molecule has 2 aliphatic rings. The molecule has 1 aromatic carbocycles. The maximum absolute atomic E-state index is 3.61. The number of rotatable bonds is 3. The first kappa shape index (κ1) is 12.6. The van der Waals surface area contributed by atoms with Crippen molar-refractivity contribution in [3.63, 3.8) is 0 Å². The molecule has 1 saturated carbocycles. The molecule has 0 spiro atoms. The fraction of sp³-hybridized carbons (Fsp3) is 0.600. The smallest absolute Gasteiger partial charge is 0.0377 e. The lowest BCUT2D eigenvalue weighted by atomic mass is 9.76. The average Bonchev–Trinajstić information content (AvgIpc) is 2.34. The van der Waals surface area contributed by atoms with Gasteiger partial charge >= 0.3 is 0 Å². The monoisotopic (exact) mass is 308 g/mol. The standard InChI is InChI=1S/C15H21BrN2/c16-14-6-2-5-13(11-14)15(12-3-1-4-12)18-9-7-17-8-10-18/h2,5-6,11-12,15,17H,1,3-4,7-10H2/t15-/m0/s1. The van der Waals surface area contributed by atoms with Crippen LogP contribution in [0.2, 0.25) is 0 Å². The Morgan fingerprint density at radius 1 is 1.22 bits per heavy atom. The molecule has 0 radical (unpaired) electrons. The molecule has 1 N–H and O–H groups in total. The van der Waals surface area contributed by atoms with E-state index < -0.39 is 0 Å². The van der Waals surface area contributed by atoms with E-state index in [9.17, 15) is 0 Å². The SMILES string of the molecule is Brc1cccc([C@H](C2CCC2)N2CCNCC2)c1. The fourth-order valence-corrected chi connectivity index (χ4v) is 3.60. The van der Waals surface area contributed by atoms with Crippen LogP contribution in [-0.4, -0.2) is 31.1 Å². The maximum atomic E-state index is 3.61. The van der Waals surface area contributed by atoms with Crippen molar-refractivity contribution in [1.29, 1.82) is 0 Å². The Hall–Kier alpha value is -0.380. The number of benzene rings is 1. The number of nitrogens with one attached hydrogen (secondary N) is 1. The van der Waals surface area contributed by atoms with Crippen LogP contribution in [-0.2, 0) is 0 Å². The summed E-state index contributed by atoms with van der Waals surface area (Å²) in [6, 6.07) is 9.55. The van der Waals surface area contributed by atoms with Crippen LogP contribution < -0.4 is 5.32 Å². The second kappa shape index (κ2) is 5.72. The van der Waals surface area contributed by atoms with E-state index in [1.807, 2.05) is 0 Å². The van der Waals surface area contributed by atoms with Gasteiger partial charge in [-0.2, -0.15) is 0 Å². The molecule has 1 aliphatic heterocycles. The van der Waals surface area contributed by atoms with Gasteiger partial charge in [0.1, 0.15) is 0 Å². The Morgan fingerprint density at radius 3 is 2.61 bits per heavy atom. The zero-order chi connectivity index (χ0) is 12.4. The molecule has 0 aromatic heterocycles. The molecule has 0 unspecified atom stereocenters. The van der Waals surface area contributed by atoms with Crippen molar-refractivity contribution in [2.75, 3.05) is 26.2 Å². The van der Waals surface area contributed by atoms with Crippen molar-refractivity contribution in [2.45, 2.75) is 25.3 Å². The molecule has 18 heavy (non-hydrogen) atoms. The number of hydrogen-bond acceptors (Lipinski definition) is 2. The first-order chi connectivity index (χ1) is 8.84. The lowest BCUT2D eigenvalue weighted by Crippen LogP contribution is -2.47. The Balaban J connectivity index is 1.84. The molecule has 1 aliphatic carbocycles. The van der Waals surface area contributed by atoms with Crippen molar-refractivity contribution in [3.05, 3.63) is 34.3 Å². The van der Waals surface area contributed by atoms with Crippen molar-refractivity contribution < 1.29 is 0 Å². The highest BCUT2D eigenvalue weighted by atomic mass is 79.9. The summed E-state index contributed by atoms with van der Waals surface area (Å²) in [5, 5.41) is 3.46. The Morgan fingerprint density at radius 2 is 2.00 bits per heavy atom. The van der Waals surface area contributed by atoms with E-state index in [0.29, 0.717) is 6.04 Å². The van der Waals surface area contributed by atoms with Gasteiger partial charge in [0, 0.05) is 36.7 Å². The van der Waals surface area contributed by atoms with E-state index in [4.69, 9.17) is 0 Å². The van der Waals surface area contributed by atoms with Gasteiger partial charge in [-0.1, -0.05) is 34.5 Å². The van der Waals surface area contributed by atoms with Crippen molar-refractivity contribution in [3.8, 4) is 0 Å². The molecule has 2 fully saturated rings. The van der Waals surface area contributed by atoms with Crippen molar-refractivity contribution in [1.82, 2.24) is 10.2 Å². The third kappa shape index (κ3) is 2.63.